The van der Waals surface area contributed by atoms with Crippen LogP contribution in [-0.2, 0) is 0 Å². The molecule has 1 nitrogen and oxygen atoms in total. The second-order valence-electron chi connectivity index (χ2n) is 5.13. The normalized spacial score (nSPS) is 14.4. The number of hydrogen-bond donors (Lipinski definition) is 1. The zero-order valence-electron chi connectivity index (χ0n) is 11.8. The van der Waals surface area contributed by atoms with E-state index in [0.717, 1.165) is 6.42 Å². The van der Waals surface area contributed by atoms with Crippen LogP contribution < -0.4 is 5.32 Å². The van der Waals surface area contributed by atoms with Gasteiger partial charge in [-0.2, -0.15) is 0 Å². The van der Waals surface area contributed by atoms with Gasteiger partial charge in [0, 0.05) is 12.1 Å². The van der Waals surface area contributed by atoms with Crippen molar-refractivity contribution in [2.75, 3.05) is 0 Å². The van der Waals surface area contributed by atoms with Crippen molar-refractivity contribution in [3.05, 3.63) is 47.0 Å². The van der Waals surface area contributed by atoms with E-state index in [0.29, 0.717) is 12.1 Å². The Labute approximate surface area is 106 Å². The number of rotatable bonds is 5. The molecule has 94 valence electrons. The fourth-order valence-corrected chi connectivity index (χ4v) is 2.70. The van der Waals surface area contributed by atoms with Crippen LogP contribution in [0.25, 0.3) is 0 Å². The van der Waals surface area contributed by atoms with Crippen molar-refractivity contribution in [3.8, 4) is 0 Å². The fraction of sp³-hybridized carbons (Fsp3) is 0.500. The van der Waals surface area contributed by atoms with Crippen molar-refractivity contribution in [1.82, 2.24) is 5.32 Å². The average molecular weight is 231 g/mol. The summed E-state index contributed by atoms with van der Waals surface area (Å²) in [5, 5.41) is 3.63. The standard InChI is InChI=1S/C16H25N/c1-7-8-14(5)17-15(6)16-12(3)9-11(2)10-13(16)4/h7,9-10,14-15,17H,1,8H2,2-6H3. The largest absolute Gasteiger partial charge is 0.307 e. The maximum atomic E-state index is 3.79. The Morgan fingerprint density at radius 2 is 1.71 bits per heavy atom. The molecule has 0 aromatic heterocycles. The molecule has 0 spiro atoms. The zero-order chi connectivity index (χ0) is 13.0. The molecule has 0 heterocycles. The molecular weight excluding hydrogens is 206 g/mol. The van der Waals surface area contributed by atoms with Crippen LogP contribution in [-0.4, -0.2) is 6.04 Å². The lowest BCUT2D eigenvalue weighted by molar-refractivity contribution is 0.480. The van der Waals surface area contributed by atoms with Crippen molar-refractivity contribution in [1.29, 1.82) is 0 Å². The topological polar surface area (TPSA) is 12.0 Å². The summed E-state index contributed by atoms with van der Waals surface area (Å²) in [5.74, 6) is 0. The Kier molecular flexibility index (Phi) is 4.95. The van der Waals surface area contributed by atoms with Gasteiger partial charge in [-0.3, -0.25) is 0 Å². The second-order valence-corrected chi connectivity index (χ2v) is 5.13. The summed E-state index contributed by atoms with van der Waals surface area (Å²) in [6, 6.07) is 5.39. The van der Waals surface area contributed by atoms with Gasteiger partial charge in [-0.25, -0.2) is 0 Å². The third kappa shape index (κ3) is 3.71. The summed E-state index contributed by atoms with van der Waals surface area (Å²) < 4.78 is 0. The second kappa shape index (κ2) is 6.02. The first kappa shape index (κ1) is 14.0. The van der Waals surface area contributed by atoms with Gasteiger partial charge >= 0.3 is 0 Å². The summed E-state index contributed by atoms with van der Waals surface area (Å²) in [5.41, 5.74) is 5.54. The van der Waals surface area contributed by atoms with E-state index in [1.807, 2.05) is 6.08 Å². The predicted octanol–water partition coefficient (Wildman–Crippen LogP) is 4.23. The van der Waals surface area contributed by atoms with Gasteiger partial charge in [-0.1, -0.05) is 23.8 Å². The zero-order valence-corrected chi connectivity index (χ0v) is 11.8. The summed E-state index contributed by atoms with van der Waals surface area (Å²) in [7, 11) is 0. The average Bonchev–Trinajstić information content (AvgIpc) is 2.15. The van der Waals surface area contributed by atoms with Gasteiger partial charge in [0.1, 0.15) is 0 Å². The number of aryl methyl sites for hydroxylation is 3. The highest BCUT2D eigenvalue weighted by molar-refractivity contribution is 5.39. The molecular formula is C16H25N. The molecule has 0 aliphatic carbocycles. The van der Waals surface area contributed by atoms with Crippen molar-refractivity contribution in [3.63, 3.8) is 0 Å². The van der Waals surface area contributed by atoms with E-state index in [1.165, 1.54) is 22.3 Å². The minimum atomic E-state index is 0.394. The molecule has 0 aliphatic rings. The first-order valence-corrected chi connectivity index (χ1v) is 6.40. The Morgan fingerprint density at radius 1 is 1.18 bits per heavy atom. The van der Waals surface area contributed by atoms with E-state index in [2.05, 4.69) is 58.6 Å². The summed E-state index contributed by atoms with van der Waals surface area (Å²) in [6.07, 6.45) is 2.98. The maximum absolute atomic E-state index is 3.79. The Morgan fingerprint density at radius 3 is 2.18 bits per heavy atom. The molecule has 1 N–H and O–H groups in total. The lowest BCUT2D eigenvalue weighted by Gasteiger charge is -2.23. The molecule has 0 radical (unpaired) electrons. The molecule has 2 atom stereocenters. The molecule has 1 heteroatoms. The van der Waals surface area contributed by atoms with Crippen molar-refractivity contribution in [2.24, 2.45) is 0 Å². The van der Waals surface area contributed by atoms with E-state index >= 15 is 0 Å². The summed E-state index contributed by atoms with van der Waals surface area (Å²) in [4.78, 5) is 0. The van der Waals surface area contributed by atoms with Crippen LogP contribution >= 0.6 is 0 Å². The van der Waals surface area contributed by atoms with E-state index in [4.69, 9.17) is 0 Å². The van der Waals surface area contributed by atoms with E-state index in [1.54, 1.807) is 0 Å². The molecule has 0 aliphatic heterocycles. The lowest BCUT2D eigenvalue weighted by atomic mass is 9.94. The molecule has 1 rings (SSSR count). The van der Waals surface area contributed by atoms with Crippen LogP contribution in [0.4, 0.5) is 0 Å². The minimum absolute atomic E-state index is 0.394. The molecule has 0 saturated heterocycles. The summed E-state index contributed by atoms with van der Waals surface area (Å²) >= 11 is 0. The SMILES string of the molecule is C=CCC(C)NC(C)c1c(C)cc(C)cc1C. The molecule has 2 unspecified atom stereocenters. The Bertz CT molecular complexity index is 370. The van der Waals surface area contributed by atoms with Crippen LogP contribution in [0.1, 0.15) is 48.6 Å². The van der Waals surface area contributed by atoms with Crippen LogP contribution in [0, 0.1) is 20.8 Å². The van der Waals surface area contributed by atoms with Crippen LogP contribution in [0.5, 0.6) is 0 Å². The third-order valence-electron chi connectivity index (χ3n) is 3.23. The van der Waals surface area contributed by atoms with Gasteiger partial charge in [0.25, 0.3) is 0 Å². The number of hydrogen-bond acceptors (Lipinski definition) is 1. The van der Waals surface area contributed by atoms with E-state index in [-0.39, 0.29) is 0 Å². The Balaban J connectivity index is 2.88. The quantitative estimate of drug-likeness (QED) is 0.748. The molecule has 1 aromatic rings. The van der Waals surface area contributed by atoms with Crippen LogP contribution in [0.15, 0.2) is 24.8 Å². The molecule has 17 heavy (non-hydrogen) atoms. The highest BCUT2D eigenvalue weighted by Crippen LogP contribution is 2.23. The maximum Gasteiger partial charge on any atom is 0.0299 e. The van der Waals surface area contributed by atoms with Gasteiger partial charge < -0.3 is 5.32 Å². The molecule has 0 bridgehead atoms. The smallest absolute Gasteiger partial charge is 0.0299 e. The molecule has 0 saturated carbocycles. The summed E-state index contributed by atoms with van der Waals surface area (Å²) in [6.45, 7) is 14.8. The van der Waals surface area contributed by atoms with Crippen LogP contribution in [0.3, 0.4) is 0 Å². The molecule has 0 amide bonds. The minimum Gasteiger partial charge on any atom is -0.307 e. The highest BCUT2D eigenvalue weighted by atomic mass is 14.9. The Hall–Kier alpha value is -1.08. The first-order valence-electron chi connectivity index (χ1n) is 6.40. The lowest BCUT2D eigenvalue weighted by Crippen LogP contribution is -2.29. The van der Waals surface area contributed by atoms with Gasteiger partial charge in [-0.15, -0.1) is 6.58 Å². The predicted molar refractivity (Wildman–Crippen MR) is 76.5 cm³/mol. The highest BCUT2D eigenvalue weighted by Gasteiger charge is 2.13. The molecule has 1 aromatic carbocycles. The third-order valence-corrected chi connectivity index (χ3v) is 3.23. The number of benzene rings is 1. The number of nitrogens with one attached hydrogen (secondary N) is 1. The van der Waals surface area contributed by atoms with Gasteiger partial charge in [0.15, 0.2) is 0 Å². The van der Waals surface area contributed by atoms with Gasteiger partial charge in [-0.05, 0) is 57.7 Å². The molecule has 0 fully saturated rings. The first-order chi connectivity index (χ1) is 7.95. The van der Waals surface area contributed by atoms with Crippen LogP contribution in [0.2, 0.25) is 0 Å². The van der Waals surface area contributed by atoms with E-state index < -0.39 is 0 Å². The van der Waals surface area contributed by atoms with Crippen molar-refractivity contribution in [2.45, 2.75) is 53.1 Å². The monoisotopic (exact) mass is 231 g/mol. The van der Waals surface area contributed by atoms with Crippen molar-refractivity contribution >= 4 is 0 Å². The fourth-order valence-electron chi connectivity index (χ4n) is 2.70. The van der Waals surface area contributed by atoms with Gasteiger partial charge in [0.05, 0.1) is 0 Å². The van der Waals surface area contributed by atoms with E-state index in [9.17, 15) is 0 Å². The van der Waals surface area contributed by atoms with Gasteiger partial charge in [0.2, 0.25) is 0 Å². The van der Waals surface area contributed by atoms with Crippen molar-refractivity contribution < 1.29 is 0 Å².